The highest BCUT2D eigenvalue weighted by Gasteiger charge is 2.31. The molecule has 1 atom stereocenters. The van der Waals surface area contributed by atoms with Gasteiger partial charge in [0.15, 0.2) is 11.5 Å². The monoisotopic (exact) mass is 445 g/mol. The van der Waals surface area contributed by atoms with E-state index in [1.54, 1.807) is 44.4 Å². The van der Waals surface area contributed by atoms with Crippen molar-refractivity contribution in [2.45, 2.75) is 13.0 Å². The molecule has 3 rings (SSSR count). The van der Waals surface area contributed by atoms with Crippen molar-refractivity contribution in [2.75, 3.05) is 19.5 Å². The van der Waals surface area contributed by atoms with E-state index >= 15 is 0 Å². The van der Waals surface area contributed by atoms with Crippen molar-refractivity contribution in [2.24, 2.45) is 0 Å². The van der Waals surface area contributed by atoms with E-state index in [1.165, 1.54) is 7.11 Å². The maximum absolute atomic E-state index is 13.0. The van der Waals surface area contributed by atoms with Crippen LogP contribution in [0.2, 0.25) is 0 Å². The van der Waals surface area contributed by atoms with Gasteiger partial charge in [-0.05, 0) is 48.9 Å². The Morgan fingerprint density at radius 2 is 1.75 bits per heavy atom. The summed E-state index contributed by atoms with van der Waals surface area (Å²) in [5, 5.41) is 8.34. The molecule has 2 aromatic carbocycles. The van der Waals surface area contributed by atoms with Gasteiger partial charge in [0.1, 0.15) is 0 Å². The fourth-order valence-corrected chi connectivity index (χ4v) is 3.27. The lowest BCUT2D eigenvalue weighted by atomic mass is 9.94. The predicted molar refractivity (Wildman–Crippen MR) is 109 cm³/mol. The molecule has 0 aliphatic carbocycles. The van der Waals surface area contributed by atoms with Crippen LogP contribution in [-0.2, 0) is 4.79 Å². The first kappa shape index (κ1) is 19.8. The van der Waals surface area contributed by atoms with Gasteiger partial charge in [-0.1, -0.05) is 22.0 Å². The summed E-state index contributed by atoms with van der Waals surface area (Å²) >= 11 is 3.37. The van der Waals surface area contributed by atoms with Crippen LogP contribution in [0.1, 0.15) is 18.5 Å². The molecule has 28 heavy (non-hydrogen) atoms. The molecule has 1 aliphatic heterocycles. The largest absolute Gasteiger partial charge is 0.493 e. The number of anilines is 1. The molecule has 0 radical (unpaired) electrons. The SMILES string of the molecule is COc1ccc([C@H]2NC(=O)NC(C)=C2C(=O)Nc2ccc(Br)cc2)cc1OC. The number of hydrogen-bond acceptors (Lipinski definition) is 4. The molecule has 7 nitrogen and oxygen atoms in total. The van der Waals surface area contributed by atoms with Gasteiger partial charge in [0.25, 0.3) is 5.91 Å². The van der Waals surface area contributed by atoms with E-state index in [4.69, 9.17) is 9.47 Å². The van der Waals surface area contributed by atoms with Crippen LogP contribution in [0.15, 0.2) is 58.2 Å². The number of rotatable bonds is 5. The molecule has 0 spiro atoms. The molecular formula is C20H20BrN3O4. The molecule has 3 amide bonds. The highest BCUT2D eigenvalue weighted by atomic mass is 79.9. The van der Waals surface area contributed by atoms with Gasteiger partial charge in [0, 0.05) is 15.9 Å². The second kappa shape index (κ2) is 8.35. The zero-order valence-electron chi connectivity index (χ0n) is 15.6. The van der Waals surface area contributed by atoms with Crippen LogP contribution >= 0.6 is 15.9 Å². The Bertz CT molecular complexity index is 941. The third-order valence-corrected chi connectivity index (χ3v) is 4.89. The average Bonchev–Trinajstić information content (AvgIpc) is 2.68. The highest BCUT2D eigenvalue weighted by Crippen LogP contribution is 2.34. The number of carbonyl (C=O) groups is 2. The second-order valence-electron chi connectivity index (χ2n) is 6.15. The summed E-state index contributed by atoms with van der Waals surface area (Å²) in [5.41, 5.74) is 2.25. The summed E-state index contributed by atoms with van der Waals surface area (Å²) in [6, 6.07) is 11.5. The molecule has 0 fully saturated rings. The van der Waals surface area contributed by atoms with Crippen molar-refractivity contribution in [1.82, 2.24) is 10.6 Å². The van der Waals surface area contributed by atoms with Crippen LogP contribution < -0.4 is 25.4 Å². The van der Waals surface area contributed by atoms with Crippen LogP contribution in [-0.4, -0.2) is 26.2 Å². The number of urea groups is 1. The Balaban J connectivity index is 1.96. The Hall–Kier alpha value is -3.00. The summed E-state index contributed by atoms with van der Waals surface area (Å²) in [5.74, 6) is 0.762. The molecular weight excluding hydrogens is 426 g/mol. The summed E-state index contributed by atoms with van der Waals surface area (Å²) in [4.78, 5) is 25.1. The van der Waals surface area contributed by atoms with E-state index in [-0.39, 0.29) is 11.9 Å². The average molecular weight is 446 g/mol. The zero-order chi connectivity index (χ0) is 20.3. The Labute approximate surface area is 171 Å². The van der Waals surface area contributed by atoms with Crippen molar-refractivity contribution in [3.05, 3.63) is 63.8 Å². The van der Waals surface area contributed by atoms with Gasteiger partial charge in [-0.15, -0.1) is 0 Å². The number of hydrogen-bond donors (Lipinski definition) is 3. The Morgan fingerprint density at radius 1 is 1.07 bits per heavy atom. The van der Waals surface area contributed by atoms with E-state index in [0.717, 1.165) is 4.47 Å². The number of amides is 3. The molecule has 3 N–H and O–H groups in total. The van der Waals surface area contributed by atoms with Gasteiger partial charge in [-0.25, -0.2) is 4.79 Å². The molecule has 8 heteroatoms. The van der Waals surface area contributed by atoms with Gasteiger partial charge >= 0.3 is 6.03 Å². The first-order chi connectivity index (χ1) is 13.4. The lowest BCUT2D eigenvalue weighted by molar-refractivity contribution is -0.113. The van der Waals surface area contributed by atoms with E-state index in [0.29, 0.717) is 34.0 Å². The molecule has 0 aromatic heterocycles. The number of allylic oxidation sites excluding steroid dienone is 1. The minimum atomic E-state index is -0.635. The third-order valence-electron chi connectivity index (χ3n) is 4.36. The number of nitrogens with one attached hydrogen (secondary N) is 3. The van der Waals surface area contributed by atoms with E-state index < -0.39 is 6.04 Å². The fourth-order valence-electron chi connectivity index (χ4n) is 3.01. The first-order valence-corrected chi connectivity index (χ1v) is 9.29. The minimum Gasteiger partial charge on any atom is -0.493 e. The fraction of sp³-hybridized carbons (Fsp3) is 0.200. The minimum absolute atomic E-state index is 0.313. The predicted octanol–water partition coefficient (Wildman–Crippen LogP) is 3.73. The van der Waals surface area contributed by atoms with E-state index in [9.17, 15) is 9.59 Å². The summed E-state index contributed by atoms with van der Waals surface area (Å²) in [7, 11) is 3.08. The van der Waals surface area contributed by atoms with Crippen molar-refractivity contribution in [3.63, 3.8) is 0 Å². The lowest BCUT2D eigenvalue weighted by Gasteiger charge is -2.29. The van der Waals surface area contributed by atoms with Crippen LogP contribution in [0.4, 0.5) is 10.5 Å². The van der Waals surface area contributed by atoms with Gasteiger partial charge in [-0.3, -0.25) is 4.79 Å². The molecule has 0 saturated carbocycles. The number of halogens is 1. The number of methoxy groups -OCH3 is 2. The number of benzene rings is 2. The van der Waals surface area contributed by atoms with Gasteiger partial charge in [0.2, 0.25) is 0 Å². The van der Waals surface area contributed by atoms with Crippen molar-refractivity contribution in [3.8, 4) is 11.5 Å². The van der Waals surface area contributed by atoms with Gasteiger partial charge in [-0.2, -0.15) is 0 Å². The first-order valence-electron chi connectivity index (χ1n) is 8.50. The van der Waals surface area contributed by atoms with Crippen molar-refractivity contribution < 1.29 is 19.1 Å². The van der Waals surface area contributed by atoms with Gasteiger partial charge < -0.3 is 25.4 Å². The molecule has 146 valence electrons. The van der Waals surface area contributed by atoms with Crippen LogP contribution in [0.5, 0.6) is 11.5 Å². The smallest absolute Gasteiger partial charge is 0.319 e. The van der Waals surface area contributed by atoms with Crippen molar-refractivity contribution >= 4 is 33.6 Å². The summed E-state index contributed by atoms with van der Waals surface area (Å²) < 4.78 is 11.5. The highest BCUT2D eigenvalue weighted by molar-refractivity contribution is 9.10. The summed E-state index contributed by atoms with van der Waals surface area (Å²) in [6.07, 6.45) is 0. The molecule has 0 unspecified atom stereocenters. The molecule has 0 bridgehead atoms. The van der Waals surface area contributed by atoms with Gasteiger partial charge in [0.05, 0.1) is 25.8 Å². The molecule has 2 aromatic rings. The van der Waals surface area contributed by atoms with Crippen LogP contribution in [0, 0.1) is 0 Å². The van der Waals surface area contributed by atoms with Crippen molar-refractivity contribution in [1.29, 1.82) is 0 Å². The van der Waals surface area contributed by atoms with Crippen LogP contribution in [0.25, 0.3) is 0 Å². The lowest BCUT2D eigenvalue weighted by Crippen LogP contribution is -2.45. The van der Waals surface area contributed by atoms with Crippen LogP contribution in [0.3, 0.4) is 0 Å². The van der Waals surface area contributed by atoms with E-state index in [2.05, 4.69) is 31.9 Å². The number of carbonyl (C=O) groups excluding carboxylic acids is 2. The second-order valence-corrected chi connectivity index (χ2v) is 7.06. The quantitative estimate of drug-likeness (QED) is 0.653. The molecule has 0 saturated heterocycles. The number of ether oxygens (including phenoxy) is 2. The third kappa shape index (κ3) is 4.12. The topological polar surface area (TPSA) is 88.7 Å². The summed E-state index contributed by atoms with van der Waals surface area (Å²) in [6.45, 7) is 1.70. The Kier molecular flexibility index (Phi) is 5.89. The maximum atomic E-state index is 13.0. The zero-order valence-corrected chi connectivity index (χ0v) is 17.2. The maximum Gasteiger partial charge on any atom is 0.319 e. The Morgan fingerprint density at radius 3 is 2.39 bits per heavy atom. The van der Waals surface area contributed by atoms with E-state index in [1.807, 2.05) is 12.1 Å². The normalized spacial score (nSPS) is 16.1. The molecule has 1 aliphatic rings. The molecule has 1 heterocycles. The standard InChI is InChI=1S/C20H20BrN3O4/c1-11-17(19(25)23-14-7-5-13(21)6-8-14)18(24-20(26)22-11)12-4-9-15(27-2)16(10-12)28-3/h4-10,18H,1-3H3,(H,23,25)(H2,22,24,26)/t18-/m1/s1.